The van der Waals surface area contributed by atoms with Gasteiger partial charge in [0.05, 0.1) is 12.7 Å². The summed E-state index contributed by atoms with van der Waals surface area (Å²) in [5.74, 6) is -0.306. The van der Waals surface area contributed by atoms with Gasteiger partial charge in [-0.25, -0.2) is 9.18 Å². The van der Waals surface area contributed by atoms with Gasteiger partial charge in [0.25, 0.3) is 0 Å². The van der Waals surface area contributed by atoms with Crippen molar-refractivity contribution in [3.8, 4) is 5.75 Å². The quantitative estimate of drug-likeness (QED) is 0.708. The van der Waals surface area contributed by atoms with Crippen LogP contribution in [0, 0.1) is 5.82 Å². The Morgan fingerprint density at radius 3 is 2.54 bits per heavy atom. The lowest BCUT2D eigenvalue weighted by Crippen LogP contribution is -2.34. The molecule has 0 radical (unpaired) electrons. The van der Waals surface area contributed by atoms with Crippen LogP contribution in [0.2, 0.25) is 0 Å². The van der Waals surface area contributed by atoms with Crippen molar-refractivity contribution in [2.75, 3.05) is 13.2 Å². The summed E-state index contributed by atoms with van der Waals surface area (Å²) in [5.41, 5.74) is -0.642. The molecule has 0 aliphatic heterocycles. The molecular weight excluding hydrogens is 317 g/mol. The molecule has 1 rings (SSSR count). The minimum Gasteiger partial charge on any atom is -0.494 e. The molecule has 2 unspecified atom stereocenters. The van der Waals surface area contributed by atoms with Crippen LogP contribution in [-0.4, -0.2) is 41.2 Å². The average molecular weight is 343 g/mol. The van der Waals surface area contributed by atoms with E-state index in [0.717, 1.165) is 6.07 Å². The van der Waals surface area contributed by atoms with Crippen LogP contribution in [0.25, 0.3) is 0 Å². The Labute approximate surface area is 141 Å². The summed E-state index contributed by atoms with van der Waals surface area (Å²) in [6.45, 7) is 7.48. The van der Waals surface area contributed by atoms with Gasteiger partial charge in [-0.2, -0.15) is 0 Å². The molecule has 0 heterocycles. The van der Waals surface area contributed by atoms with E-state index >= 15 is 0 Å². The highest BCUT2D eigenvalue weighted by Crippen LogP contribution is 2.25. The molecule has 2 atom stereocenters. The maximum absolute atomic E-state index is 14.0. The Morgan fingerprint density at radius 2 is 2.00 bits per heavy atom. The average Bonchev–Trinajstić information content (AvgIpc) is 2.45. The van der Waals surface area contributed by atoms with Gasteiger partial charge in [0.2, 0.25) is 0 Å². The fourth-order valence-corrected chi connectivity index (χ4v) is 2.01. The molecule has 0 aromatic heterocycles. The number of alkyl carbamates (subject to hydrolysis) is 1. The fraction of sp³-hybridized carbons (Fsp3) is 0.588. The van der Waals surface area contributed by atoms with E-state index in [4.69, 9.17) is 9.47 Å². The van der Waals surface area contributed by atoms with Crippen LogP contribution in [0.1, 0.15) is 45.8 Å². The number of carbonyl (C=O) groups is 1. The number of hydrogen-bond acceptors (Lipinski definition) is 5. The van der Waals surface area contributed by atoms with Crippen molar-refractivity contribution >= 4 is 6.09 Å². The number of nitrogens with one attached hydrogen (secondary N) is 1. The molecule has 1 amide bonds. The Hall–Kier alpha value is -1.86. The molecule has 0 saturated heterocycles. The van der Waals surface area contributed by atoms with E-state index in [1.807, 2.05) is 0 Å². The molecule has 0 aliphatic carbocycles. The number of aliphatic hydroxyl groups excluding tert-OH is 2. The highest BCUT2D eigenvalue weighted by Gasteiger charge is 2.22. The van der Waals surface area contributed by atoms with Crippen LogP contribution in [0.4, 0.5) is 9.18 Å². The first-order valence-electron chi connectivity index (χ1n) is 7.89. The number of ether oxygens (including phenoxy) is 2. The van der Waals surface area contributed by atoms with Crippen LogP contribution in [-0.2, 0) is 4.74 Å². The van der Waals surface area contributed by atoms with E-state index in [9.17, 15) is 19.4 Å². The second-order valence-corrected chi connectivity index (χ2v) is 6.35. The number of halogens is 1. The van der Waals surface area contributed by atoms with E-state index in [-0.39, 0.29) is 18.5 Å². The lowest BCUT2D eigenvalue weighted by atomic mass is 10.0. The molecule has 1 aromatic carbocycles. The molecule has 1 aromatic rings. The predicted molar refractivity (Wildman–Crippen MR) is 87.4 cm³/mol. The monoisotopic (exact) mass is 343 g/mol. The van der Waals surface area contributed by atoms with E-state index in [2.05, 4.69) is 5.32 Å². The Kier molecular flexibility index (Phi) is 7.44. The van der Waals surface area contributed by atoms with E-state index in [0.29, 0.717) is 12.4 Å². The Balaban J connectivity index is 2.53. The number of aliphatic hydroxyl groups is 2. The van der Waals surface area contributed by atoms with Crippen LogP contribution in [0.3, 0.4) is 0 Å². The van der Waals surface area contributed by atoms with E-state index in [1.165, 1.54) is 12.1 Å². The highest BCUT2D eigenvalue weighted by atomic mass is 19.1. The van der Waals surface area contributed by atoms with Gasteiger partial charge in [-0.05, 0) is 46.2 Å². The second kappa shape index (κ2) is 8.84. The summed E-state index contributed by atoms with van der Waals surface area (Å²) < 4.78 is 24.2. The summed E-state index contributed by atoms with van der Waals surface area (Å²) in [4.78, 5) is 11.5. The lowest BCUT2D eigenvalue weighted by Gasteiger charge is -2.21. The van der Waals surface area contributed by atoms with Crippen molar-refractivity contribution in [1.82, 2.24) is 5.32 Å². The number of amides is 1. The van der Waals surface area contributed by atoms with Gasteiger partial charge < -0.3 is 25.0 Å². The zero-order valence-corrected chi connectivity index (χ0v) is 14.5. The molecule has 6 nitrogen and oxygen atoms in total. The Bertz CT molecular complexity index is 544. The van der Waals surface area contributed by atoms with Crippen LogP contribution >= 0.6 is 0 Å². The lowest BCUT2D eigenvalue weighted by molar-refractivity contribution is 0.0103. The summed E-state index contributed by atoms with van der Waals surface area (Å²) >= 11 is 0. The third-order valence-electron chi connectivity index (χ3n) is 3.07. The van der Waals surface area contributed by atoms with E-state index in [1.54, 1.807) is 27.7 Å². The summed E-state index contributed by atoms with van der Waals surface area (Å²) in [6, 6.07) is 4.06. The van der Waals surface area contributed by atoms with Crippen molar-refractivity contribution in [1.29, 1.82) is 0 Å². The van der Waals surface area contributed by atoms with Crippen molar-refractivity contribution in [2.45, 2.75) is 51.9 Å². The van der Waals surface area contributed by atoms with Gasteiger partial charge in [0, 0.05) is 18.2 Å². The third kappa shape index (κ3) is 6.72. The topological polar surface area (TPSA) is 88.0 Å². The largest absolute Gasteiger partial charge is 0.494 e. The number of benzene rings is 1. The van der Waals surface area contributed by atoms with Gasteiger partial charge in [-0.1, -0.05) is 0 Å². The zero-order valence-electron chi connectivity index (χ0n) is 14.5. The van der Waals surface area contributed by atoms with Crippen LogP contribution in [0.5, 0.6) is 5.75 Å². The number of hydrogen-bond donors (Lipinski definition) is 3. The molecule has 0 aliphatic rings. The first-order chi connectivity index (χ1) is 11.1. The molecule has 136 valence electrons. The minimum absolute atomic E-state index is 0.0248. The number of carbonyl (C=O) groups excluding carboxylic acids is 1. The highest BCUT2D eigenvalue weighted by molar-refractivity contribution is 5.67. The first-order valence-corrected chi connectivity index (χ1v) is 7.89. The molecule has 0 bridgehead atoms. The first kappa shape index (κ1) is 20.2. The predicted octanol–water partition coefficient (Wildman–Crippen LogP) is 2.53. The zero-order chi connectivity index (χ0) is 18.3. The number of rotatable bonds is 7. The van der Waals surface area contributed by atoms with Crippen molar-refractivity contribution in [3.05, 3.63) is 29.6 Å². The van der Waals surface area contributed by atoms with Gasteiger partial charge in [-0.3, -0.25) is 0 Å². The smallest absolute Gasteiger partial charge is 0.407 e. The summed E-state index contributed by atoms with van der Waals surface area (Å²) in [5, 5.41) is 22.5. The summed E-state index contributed by atoms with van der Waals surface area (Å²) in [7, 11) is 0. The molecule has 0 fully saturated rings. The molecule has 0 spiro atoms. The van der Waals surface area contributed by atoms with Gasteiger partial charge in [0.15, 0.2) is 0 Å². The second-order valence-electron chi connectivity index (χ2n) is 6.35. The molecule has 24 heavy (non-hydrogen) atoms. The van der Waals surface area contributed by atoms with Crippen molar-refractivity contribution < 1.29 is 28.9 Å². The SMILES string of the molecule is CCOc1ccc(C(O)C(O)CCNC(=O)OC(C)(C)C)c(F)c1. The molecule has 7 heteroatoms. The molecule has 3 N–H and O–H groups in total. The Morgan fingerprint density at radius 1 is 1.33 bits per heavy atom. The van der Waals surface area contributed by atoms with Crippen LogP contribution < -0.4 is 10.1 Å². The normalized spacial score (nSPS) is 14.0. The minimum atomic E-state index is -1.40. The molecular formula is C17H26FNO5. The standard InChI is InChI=1S/C17H26FNO5/c1-5-23-11-6-7-12(13(18)10-11)15(21)14(20)8-9-19-16(22)24-17(2,3)4/h6-7,10,14-15,20-21H,5,8-9H2,1-4H3,(H,19,22). The third-order valence-corrected chi connectivity index (χ3v) is 3.07. The molecule has 0 saturated carbocycles. The van der Waals surface area contributed by atoms with Crippen LogP contribution in [0.15, 0.2) is 18.2 Å². The van der Waals surface area contributed by atoms with Gasteiger partial charge in [0.1, 0.15) is 23.3 Å². The maximum Gasteiger partial charge on any atom is 0.407 e. The summed E-state index contributed by atoms with van der Waals surface area (Å²) in [6.07, 6.45) is -3.20. The fourth-order valence-electron chi connectivity index (χ4n) is 2.01. The van der Waals surface area contributed by atoms with Gasteiger partial charge >= 0.3 is 6.09 Å². The van der Waals surface area contributed by atoms with Crippen molar-refractivity contribution in [3.63, 3.8) is 0 Å². The van der Waals surface area contributed by atoms with E-state index < -0.39 is 29.7 Å². The van der Waals surface area contributed by atoms with Gasteiger partial charge in [-0.15, -0.1) is 0 Å². The maximum atomic E-state index is 14.0. The van der Waals surface area contributed by atoms with Crippen molar-refractivity contribution in [2.24, 2.45) is 0 Å².